The summed E-state index contributed by atoms with van der Waals surface area (Å²) in [5, 5.41) is 2.74. The highest BCUT2D eigenvalue weighted by molar-refractivity contribution is 7.14. The van der Waals surface area contributed by atoms with Crippen molar-refractivity contribution in [1.82, 2.24) is 9.80 Å². The molecule has 2 heterocycles. The lowest BCUT2D eigenvalue weighted by Crippen LogP contribution is -2.50. The first-order valence-corrected chi connectivity index (χ1v) is 10.4. The summed E-state index contributed by atoms with van der Waals surface area (Å²) in [7, 11) is 0. The van der Waals surface area contributed by atoms with Gasteiger partial charge in [-0.25, -0.2) is 4.39 Å². The molecule has 0 aliphatic carbocycles. The minimum Gasteiger partial charge on any atom is -0.340 e. The van der Waals surface area contributed by atoms with Crippen molar-refractivity contribution in [3.05, 3.63) is 52.0 Å². The molecule has 0 atom stereocenters. The van der Waals surface area contributed by atoms with Crippen LogP contribution in [0.5, 0.6) is 0 Å². The lowest BCUT2D eigenvalue weighted by molar-refractivity contribution is -0.133. The number of hydrogen-bond donors (Lipinski definition) is 1. The topological polar surface area (TPSA) is 69.7 Å². The van der Waals surface area contributed by atoms with Gasteiger partial charge in [-0.15, -0.1) is 11.3 Å². The van der Waals surface area contributed by atoms with Crippen LogP contribution in [0.2, 0.25) is 0 Å². The minimum absolute atomic E-state index is 0.00699. The second kappa shape index (κ2) is 9.76. The smallest absolute Gasteiger partial charge is 0.238 e. The van der Waals surface area contributed by atoms with Gasteiger partial charge in [-0.3, -0.25) is 19.3 Å². The molecular formula is C21H24FN3O3S. The van der Waals surface area contributed by atoms with Crippen molar-refractivity contribution in [2.75, 3.05) is 38.0 Å². The molecule has 1 aromatic heterocycles. The summed E-state index contributed by atoms with van der Waals surface area (Å²) >= 11 is 1.45. The van der Waals surface area contributed by atoms with Gasteiger partial charge in [0.15, 0.2) is 5.78 Å². The van der Waals surface area contributed by atoms with Crippen molar-refractivity contribution in [3.63, 3.8) is 0 Å². The average molecular weight is 418 g/mol. The molecule has 0 spiro atoms. The van der Waals surface area contributed by atoms with Gasteiger partial charge in [0.25, 0.3) is 0 Å². The molecule has 6 nitrogen and oxygen atoms in total. The number of hydrogen-bond acceptors (Lipinski definition) is 5. The molecule has 1 aliphatic heterocycles. The summed E-state index contributed by atoms with van der Waals surface area (Å²) < 4.78 is 12.9. The third-order valence-corrected chi connectivity index (χ3v) is 5.84. The highest BCUT2D eigenvalue weighted by Crippen LogP contribution is 2.18. The molecule has 1 N–H and O–H groups in total. The van der Waals surface area contributed by atoms with Gasteiger partial charge in [-0.05, 0) is 43.3 Å². The van der Waals surface area contributed by atoms with Crippen LogP contribution in [0.15, 0.2) is 36.4 Å². The maximum atomic E-state index is 12.9. The SMILES string of the molecule is Cc1ccc(C(=O)CCC(=O)N2CCN(CC(=O)Nc3ccc(F)cc3)CC2)s1. The molecule has 154 valence electrons. The third kappa shape index (κ3) is 6.20. The number of nitrogens with one attached hydrogen (secondary N) is 1. The molecule has 0 radical (unpaired) electrons. The minimum atomic E-state index is -0.351. The van der Waals surface area contributed by atoms with E-state index in [9.17, 15) is 18.8 Å². The Balaban J connectivity index is 1.38. The Morgan fingerprint density at radius 1 is 1.00 bits per heavy atom. The number of nitrogens with zero attached hydrogens (tertiary/aromatic N) is 2. The van der Waals surface area contributed by atoms with E-state index < -0.39 is 0 Å². The summed E-state index contributed by atoms with van der Waals surface area (Å²) in [4.78, 5) is 42.2. The molecule has 3 rings (SSSR count). The standard InChI is InChI=1S/C21H24FN3O3S/c1-15-2-8-19(29-15)18(26)7-9-21(28)25-12-10-24(11-13-25)14-20(27)23-17-5-3-16(22)4-6-17/h2-6,8H,7,9-14H2,1H3,(H,23,27). The molecule has 1 saturated heterocycles. The van der Waals surface area contributed by atoms with E-state index in [1.54, 1.807) is 4.90 Å². The first-order valence-electron chi connectivity index (χ1n) is 9.56. The number of ketones is 1. The number of anilines is 1. The lowest BCUT2D eigenvalue weighted by atomic mass is 10.1. The second-order valence-corrected chi connectivity index (χ2v) is 8.33. The van der Waals surface area contributed by atoms with Gasteiger partial charge >= 0.3 is 0 Å². The molecule has 0 saturated carbocycles. The predicted octanol–water partition coefficient (Wildman–Crippen LogP) is 2.94. The van der Waals surface area contributed by atoms with E-state index in [0.717, 1.165) is 4.88 Å². The van der Waals surface area contributed by atoms with Gasteiger partial charge in [-0.1, -0.05) is 0 Å². The van der Waals surface area contributed by atoms with Crippen molar-refractivity contribution in [3.8, 4) is 0 Å². The van der Waals surface area contributed by atoms with Crippen molar-refractivity contribution in [2.45, 2.75) is 19.8 Å². The number of Topliss-reactive ketones (excluding diaryl/α,β-unsaturated/α-hetero) is 1. The molecule has 0 bridgehead atoms. The van der Waals surface area contributed by atoms with Gasteiger partial charge in [0, 0.05) is 49.6 Å². The van der Waals surface area contributed by atoms with Crippen LogP contribution >= 0.6 is 11.3 Å². The predicted molar refractivity (Wildman–Crippen MR) is 111 cm³/mol. The monoisotopic (exact) mass is 417 g/mol. The third-order valence-electron chi connectivity index (χ3n) is 4.80. The highest BCUT2D eigenvalue weighted by Gasteiger charge is 2.23. The fourth-order valence-electron chi connectivity index (χ4n) is 3.18. The first kappa shape index (κ1) is 21.1. The van der Waals surface area contributed by atoms with Crippen LogP contribution in [0, 0.1) is 12.7 Å². The van der Waals surface area contributed by atoms with E-state index in [-0.39, 0.29) is 42.8 Å². The Labute approximate surface area is 173 Å². The van der Waals surface area contributed by atoms with Crippen molar-refractivity contribution in [1.29, 1.82) is 0 Å². The number of benzene rings is 1. The summed E-state index contributed by atoms with van der Waals surface area (Å²) in [5.41, 5.74) is 0.552. The number of aryl methyl sites for hydroxylation is 1. The van der Waals surface area contributed by atoms with Crippen molar-refractivity contribution in [2.24, 2.45) is 0 Å². The quantitative estimate of drug-likeness (QED) is 0.704. The fraction of sp³-hybridized carbons (Fsp3) is 0.381. The zero-order valence-electron chi connectivity index (χ0n) is 16.3. The Kier molecular flexibility index (Phi) is 7.11. The first-order chi connectivity index (χ1) is 13.9. The van der Waals surface area contributed by atoms with E-state index in [1.807, 2.05) is 24.0 Å². The molecule has 8 heteroatoms. The highest BCUT2D eigenvalue weighted by atomic mass is 32.1. The van der Waals surface area contributed by atoms with Crippen LogP contribution in [-0.2, 0) is 9.59 Å². The Hall–Kier alpha value is -2.58. The normalized spacial score (nSPS) is 14.6. The van der Waals surface area contributed by atoms with Crippen LogP contribution in [-0.4, -0.2) is 60.1 Å². The fourth-order valence-corrected chi connectivity index (χ4v) is 4.01. The van der Waals surface area contributed by atoms with Crippen LogP contribution in [0.1, 0.15) is 27.4 Å². The number of carbonyl (C=O) groups is 3. The maximum Gasteiger partial charge on any atom is 0.238 e. The van der Waals surface area contributed by atoms with E-state index in [4.69, 9.17) is 0 Å². The molecule has 1 fully saturated rings. The molecule has 1 aromatic carbocycles. The van der Waals surface area contributed by atoms with E-state index in [2.05, 4.69) is 5.32 Å². The van der Waals surface area contributed by atoms with Crippen LogP contribution in [0.3, 0.4) is 0 Å². The van der Waals surface area contributed by atoms with E-state index in [0.29, 0.717) is 36.7 Å². The number of piperazine rings is 1. The number of rotatable bonds is 7. The lowest BCUT2D eigenvalue weighted by Gasteiger charge is -2.34. The molecular weight excluding hydrogens is 393 g/mol. The van der Waals surface area contributed by atoms with Gasteiger partial charge in [0.1, 0.15) is 5.82 Å². The van der Waals surface area contributed by atoms with Crippen LogP contribution < -0.4 is 5.32 Å². The number of amides is 2. The van der Waals surface area contributed by atoms with Crippen molar-refractivity contribution < 1.29 is 18.8 Å². The largest absolute Gasteiger partial charge is 0.340 e. The average Bonchev–Trinajstić information content (AvgIpc) is 3.14. The number of thiophene rings is 1. The van der Waals surface area contributed by atoms with E-state index in [1.165, 1.54) is 35.6 Å². The molecule has 29 heavy (non-hydrogen) atoms. The summed E-state index contributed by atoms with van der Waals surface area (Å²) in [6, 6.07) is 9.34. The summed E-state index contributed by atoms with van der Waals surface area (Å²) in [6.07, 6.45) is 0.430. The summed E-state index contributed by atoms with van der Waals surface area (Å²) in [5.74, 6) is -0.543. The van der Waals surface area contributed by atoms with Gasteiger partial charge in [-0.2, -0.15) is 0 Å². The molecule has 1 aliphatic rings. The molecule has 2 amide bonds. The second-order valence-electron chi connectivity index (χ2n) is 7.05. The zero-order chi connectivity index (χ0) is 20.8. The Bertz CT molecular complexity index is 874. The molecule has 2 aromatic rings. The van der Waals surface area contributed by atoms with Crippen LogP contribution in [0.4, 0.5) is 10.1 Å². The zero-order valence-corrected chi connectivity index (χ0v) is 17.1. The van der Waals surface area contributed by atoms with Crippen molar-refractivity contribution >= 4 is 34.6 Å². The summed E-state index contributed by atoms with van der Waals surface area (Å²) in [6.45, 7) is 4.44. The van der Waals surface area contributed by atoms with Gasteiger partial charge in [0.05, 0.1) is 11.4 Å². The number of halogens is 1. The van der Waals surface area contributed by atoms with E-state index >= 15 is 0 Å². The molecule has 0 unspecified atom stereocenters. The van der Waals surface area contributed by atoms with Gasteiger partial charge < -0.3 is 10.2 Å². The van der Waals surface area contributed by atoms with Crippen LogP contribution in [0.25, 0.3) is 0 Å². The maximum absolute atomic E-state index is 12.9. The number of carbonyl (C=O) groups excluding carboxylic acids is 3. The Morgan fingerprint density at radius 3 is 2.31 bits per heavy atom. The Morgan fingerprint density at radius 2 is 1.69 bits per heavy atom. The van der Waals surface area contributed by atoms with Gasteiger partial charge in [0.2, 0.25) is 11.8 Å².